The maximum atomic E-state index is 14.0. The van der Waals surface area contributed by atoms with Crippen molar-refractivity contribution in [1.29, 1.82) is 0 Å². The molecule has 0 radical (unpaired) electrons. The molecule has 0 saturated heterocycles. The number of phosphoric acid groups is 1. The number of carbonyl (C=O) groups is 2. The van der Waals surface area contributed by atoms with Crippen LogP contribution in [-0.4, -0.2) is 62.5 Å². The number of hydrogen-bond donors (Lipinski definition) is 2. The van der Waals surface area contributed by atoms with Crippen LogP contribution >= 0.6 is 7.82 Å². The molecule has 1 aromatic heterocycles. The summed E-state index contributed by atoms with van der Waals surface area (Å²) in [5.41, 5.74) is -0.0142. The summed E-state index contributed by atoms with van der Waals surface area (Å²) in [4.78, 5) is 30.9. The van der Waals surface area contributed by atoms with E-state index in [2.05, 4.69) is 15.6 Å². The third-order valence-electron chi connectivity index (χ3n) is 6.23. The molecule has 0 unspecified atom stereocenters. The van der Waals surface area contributed by atoms with Gasteiger partial charge in [-0.1, -0.05) is 36.4 Å². The van der Waals surface area contributed by atoms with E-state index in [1.807, 2.05) is 24.3 Å². The number of halogens is 2. The van der Waals surface area contributed by atoms with Gasteiger partial charge in [0.05, 0.1) is 12.6 Å². The Morgan fingerprint density at radius 2 is 1.78 bits per heavy atom. The smallest absolute Gasteiger partial charge is 0.447 e. The van der Waals surface area contributed by atoms with Crippen molar-refractivity contribution in [2.24, 2.45) is 0 Å². The van der Waals surface area contributed by atoms with Crippen molar-refractivity contribution in [3.63, 3.8) is 0 Å². The highest BCUT2D eigenvalue weighted by Gasteiger charge is 2.24. The predicted molar refractivity (Wildman–Crippen MR) is 148 cm³/mol. The van der Waals surface area contributed by atoms with E-state index >= 15 is 0 Å². The topological polar surface area (TPSA) is 128 Å². The van der Waals surface area contributed by atoms with Gasteiger partial charge >= 0.3 is 19.9 Å². The zero-order chi connectivity index (χ0) is 29.8. The van der Waals surface area contributed by atoms with Crippen molar-refractivity contribution in [3.05, 3.63) is 71.9 Å². The largest absolute Gasteiger partial charge is 0.474 e. The summed E-state index contributed by atoms with van der Waals surface area (Å²) >= 11 is 0. The van der Waals surface area contributed by atoms with Crippen molar-refractivity contribution in [2.45, 2.75) is 31.8 Å². The Labute approximate surface area is 236 Å². The lowest BCUT2D eigenvalue weighted by Gasteiger charge is -2.28. The zero-order valence-electron chi connectivity index (χ0n) is 23.0. The van der Waals surface area contributed by atoms with E-state index in [9.17, 15) is 22.9 Å². The summed E-state index contributed by atoms with van der Waals surface area (Å²) in [6, 6.07) is 11.7. The van der Waals surface area contributed by atoms with Crippen LogP contribution in [0.25, 0.3) is 10.8 Å². The second-order valence-electron chi connectivity index (χ2n) is 8.92. The number of carbonyl (C=O) groups excluding carboxylic acids is 2. The van der Waals surface area contributed by atoms with Gasteiger partial charge in [0.25, 0.3) is 0 Å². The van der Waals surface area contributed by atoms with Crippen molar-refractivity contribution >= 4 is 36.5 Å². The number of ether oxygens (including phenoxy) is 1. The number of nitrogens with one attached hydrogen (secondary N) is 2. The standard InChI is InChI=1S/C27H33F2N4O7P/c1-33(26(34)31-17-21-11-8-13-23(28)25(21)29)22(12-6-7-14-40-41(36,37-2)38-3)18-39-27(35)32-24-15-19-9-4-5-10-20(19)16-30-24/h4-5,8-11,13,15-16,22H,6-7,12,14,17-18H2,1-3H3,(H,31,34)(H,30,32,35)/t22-/m0/s1. The maximum Gasteiger partial charge on any atom is 0.474 e. The quantitative estimate of drug-likeness (QED) is 0.176. The fourth-order valence-electron chi connectivity index (χ4n) is 3.84. The Morgan fingerprint density at radius 1 is 1.05 bits per heavy atom. The molecule has 222 valence electrons. The lowest BCUT2D eigenvalue weighted by Crippen LogP contribution is -2.46. The molecule has 2 N–H and O–H groups in total. The summed E-state index contributed by atoms with van der Waals surface area (Å²) in [6.45, 7) is -0.353. The summed E-state index contributed by atoms with van der Waals surface area (Å²) in [6.07, 6.45) is 2.16. The number of fused-ring (bicyclic) bond motifs is 1. The van der Waals surface area contributed by atoms with Gasteiger partial charge in [-0.25, -0.2) is 27.9 Å². The molecule has 0 aliphatic carbocycles. The summed E-state index contributed by atoms with van der Waals surface area (Å²) in [7, 11) is 0.294. The number of hydrogen-bond acceptors (Lipinski definition) is 8. The van der Waals surface area contributed by atoms with Gasteiger partial charge < -0.3 is 15.0 Å². The van der Waals surface area contributed by atoms with Crippen LogP contribution in [0.5, 0.6) is 0 Å². The third-order valence-corrected chi connectivity index (χ3v) is 7.62. The first-order valence-corrected chi connectivity index (χ1v) is 14.2. The minimum atomic E-state index is -3.62. The molecule has 1 heterocycles. The van der Waals surface area contributed by atoms with Crippen molar-refractivity contribution in [3.8, 4) is 0 Å². The molecule has 41 heavy (non-hydrogen) atoms. The molecular weight excluding hydrogens is 561 g/mol. The van der Waals surface area contributed by atoms with Gasteiger partial charge in [-0.15, -0.1) is 0 Å². The second kappa shape index (κ2) is 15.4. The number of likely N-dealkylation sites (N-methyl/N-ethyl adjacent to an activating group) is 1. The summed E-state index contributed by atoms with van der Waals surface area (Å²) in [5.74, 6) is -1.76. The van der Waals surface area contributed by atoms with Gasteiger partial charge in [0, 0.05) is 45.0 Å². The number of benzene rings is 2. The van der Waals surface area contributed by atoms with E-state index in [0.717, 1.165) is 16.8 Å². The Hall–Kier alpha value is -3.64. The van der Waals surface area contributed by atoms with E-state index < -0.39 is 37.6 Å². The first-order valence-electron chi connectivity index (χ1n) is 12.7. The van der Waals surface area contributed by atoms with E-state index in [0.29, 0.717) is 25.1 Å². The van der Waals surface area contributed by atoms with Crippen LogP contribution in [0.1, 0.15) is 24.8 Å². The number of urea groups is 1. The molecule has 0 bridgehead atoms. The Balaban J connectivity index is 1.59. The predicted octanol–water partition coefficient (Wildman–Crippen LogP) is 5.86. The highest BCUT2D eigenvalue weighted by Crippen LogP contribution is 2.47. The zero-order valence-corrected chi connectivity index (χ0v) is 23.9. The summed E-state index contributed by atoms with van der Waals surface area (Å²) in [5, 5.41) is 6.92. The lowest BCUT2D eigenvalue weighted by molar-refractivity contribution is 0.110. The molecule has 1 atom stereocenters. The van der Waals surface area contributed by atoms with E-state index in [4.69, 9.17) is 18.3 Å². The van der Waals surface area contributed by atoms with Crippen molar-refractivity contribution in [2.75, 3.05) is 39.8 Å². The monoisotopic (exact) mass is 594 g/mol. The Morgan fingerprint density at radius 3 is 2.51 bits per heavy atom. The Kier molecular flexibility index (Phi) is 12.0. The molecule has 0 aliphatic rings. The van der Waals surface area contributed by atoms with Crippen LogP contribution in [-0.2, 0) is 29.4 Å². The number of anilines is 1. The van der Waals surface area contributed by atoms with Crippen LogP contribution in [0.15, 0.2) is 54.7 Å². The lowest BCUT2D eigenvalue weighted by atomic mass is 10.1. The molecule has 14 heteroatoms. The Bertz CT molecular complexity index is 1370. The van der Waals surface area contributed by atoms with E-state index in [1.54, 1.807) is 12.3 Å². The molecule has 3 amide bonds. The highest BCUT2D eigenvalue weighted by atomic mass is 31.2. The molecule has 0 fully saturated rings. The molecular formula is C27H33F2N4O7P. The molecule has 0 saturated carbocycles. The number of pyridine rings is 1. The summed E-state index contributed by atoms with van der Waals surface area (Å²) < 4.78 is 59.6. The molecule has 2 aromatic carbocycles. The first-order chi connectivity index (χ1) is 19.7. The SMILES string of the molecule is COP(=O)(OC)OCCCC[C@@H](COC(=O)Nc1cc2ccccc2cn1)N(C)C(=O)NCc1cccc(F)c1F. The van der Waals surface area contributed by atoms with Crippen LogP contribution in [0.4, 0.5) is 24.2 Å². The van der Waals surface area contributed by atoms with Crippen molar-refractivity contribution < 1.29 is 41.2 Å². The van der Waals surface area contributed by atoms with Gasteiger partial charge in [-0.05, 0) is 36.8 Å². The van der Waals surface area contributed by atoms with Crippen LogP contribution in [0.3, 0.4) is 0 Å². The maximum absolute atomic E-state index is 14.0. The van der Waals surface area contributed by atoms with Crippen molar-refractivity contribution in [1.82, 2.24) is 15.2 Å². The molecule has 0 aliphatic heterocycles. The van der Waals surface area contributed by atoms with Gasteiger partial charge in [0.2, 0.25) is 0 Å². The van der Waals surface area contributed by atoms with Crippen LogP contribution < -0.4 is 10.6 Å². The van der Waals surface area contributed by atoms with Gasteiger partial charge in [0.1, 0.15) is 12.4 Å². The number of amides is 3. The second-order valence-corrected chi connectivity index (χ2v) is 10.8. The minimum absolute atomic E-state index is 0.0142. The van der Waals surface area contributed by atoms with Crippen LogP contribution in [0.2, 0.25) is 0 Å². The van der Waals surface area contributed by atoms with E-state index in [-0.39, 0.29) is 25.3 Å². The number of nitrogens with zero attached hydrogens (tertiary/aromatic N) is 2. The average molecular weight is 595 g/mol. The highest BCUT2D eigenvalue weighted by molar-refractivity contribution is 7.48. The molecule has 0 spiro atoms. The molecule has 3 aromatic rings. The number of unbranched alkanes of at least 4 members (excludes halogenated alkanes) is 1. The fourth-order valence-corrected chi connectivity index (χ4v) is 4.55. The van der Waals surface area contributed by atoms with E-state index in [1.165, 1.54) is 38.3 Å². The van der Waals surface area contributed by atoms with Crippen LogP contribution in [0, 0.1) is 11.6 Å². The van der Waals surface area contributed by atoms with Gasteiger partial charge in [-0.3, -0.25) is 18.9 Å². The fraction of sp³-hybridized carbons (Fsp3) is 0.370. The minimum Gasteiger partial charge on any atom is -0.447 e. The first kappa shape index (κ1) is 31.9. The van der Waals surface area contributed by atoms with Gasteiger partial charge in [0.15, 0.2) is 11.6 Å². The normalized spacial score (nSPS) is 12.1. The third kappa shape index (κ3) is 9.46. The molecule has 3 rings (SSSR count). The van der Waals surface area contributed by atoms with Gasteiger partial charge in [-0.2, -0.15) is 0 Å². The number of rotatable bonds is 14. The average Bonchev–Trinajstić information content (AvgIpc) is 2.98. The molecule has 11 nitrogen and oxygen atoms in total. The number of aromatic nitrogens is 1. The number of phosphoric ester groups is 1.